The van der Waals surface area contributed by atoms with Crippen LogP contribution >= 0.6 is 0 Å². The molecule has 1 aliphatic rings. The summed E-state index contributed by atoms with van der Waals surface area (Å²) in [4.78, 5) is 0.174. The van der Waals surface area contributed by atoms with Crippen molar-refractivity contribution in [3.8, 4) is 11.8 Å². The van der Waals surface area contributed by atoms with Gasteiger partial charge in [-0.2, -0.15) is 5.26 Å². The number of rotatable bonds is 5. The molecule has 0 fully saturated rings. The zero-order valence-electron chi connectivity index (χ0n) is 16.6. The van der Waals surface area contributed by atoms with Crippen molar-refractivity contribution in [1.82, 2.24) is 0 Å². The van der Waals surface area contributed by atoms with Crippen LogP contribution in [0.4, 0.5) is 0 Å². The van der Waals surface area contributed by atoms with Gasteiger partial charge in [-0.25, -0.2) is 8.42 Å². The summed E-state index contributed by atoms with van der Waals surface area (Å²) in [6, 6.07) is 23.2. The van der Waals surface area contributed by atoms with E-state index in [0.717, 1.165) is 5.56 Å². The van der Waals surface area contributed by atoms with Gasteiger partial charge in [0.25, 0.3) is 0 Å². The third kappa shape index (κ3) is 3.90. The molecule has 3 aromatic carbocycles. The van der Waals surface area contributed by atoms with Crippen LogP contribution < -0.4 is 4.74 Å². The van der Waals surface area contributed by atoms with Gasteiger partial charge in [0, 0.05) is 5.56 Å². The Bertz CT molecular complexity index is 1260. The molecule has 0 saturated carbocycles. The number of nitriles is 1. The molecule has 6 nitrogen and oxygen atoms in total. The van der Waals surface area contributed by atoms with E-state index in [1.54, 1.807) is 30.3 Å². The van der Waals surface area contributed by atoms with Gasteiger partial charge in [0.1, 0.15) is 29.4 Å². The zero-order valence-corrected chi connectivity index (χ0v) is 17.4. The van der Waals surface area contributed by atoms with Gasteiger partial charge in [-0.05, 0) is 48.2 Å². The van der Waals surface area contributed by atoms with Crippen molar-refractivity contribution in [3.63, 3.8) is 0 Å². The zero-order chi connectivity index (χ0) is 21.8. The molecule has 0 aromatic heterocycles. The van der Waals surface area contributed by atoms with Gasteiger partial charge in [0.05, 0.1) is 10.5 Å². The van der Waals surface area contributed by atoms with Crippen LogP contribution in [0.15, 0.2) is 82.8 Å². The summed E-state index contributed by atoms with van der Waals surface area (Å²) in [6.07, 6.45) is 0.566. The fourth-order valence-corrected chi connectivity index (χ4v) is 5.65. The second kappa shape index (κ2) is 8.62. The topological polar surface area (TPSA) is 99.8 Å². The van der Waals surface area contributed by atoms with Crippen molar-refractivity contribution in [2.75, 3.05) is 0 Å². The number of benzene rings is 3. The second-order valence-electron chi connectivity index (χ2n) is 7.22. The molecule has 1 aliphatic carbocycles. The van der Waals surface area contributed by atoms with E-state index in [4.69, 9.17) is 4.74 Å². The van der Waals surface area contributed by atoms with Crippen LogP contribution in [0.25, 0.3) is 0 Å². The quantitative estimate of drug-likeness (QED) is 0.483. The van der Waals surface area contributed by atoms with Gasteiger partial charge in [0.2, 0.25) is 0 Å². The SMILES string of the molecule is N#Cc1c(OCc2ccccc2)ccc2c1CCC(S(=O)(=O)c1ccccc1)C2=NO. The lowest BCUT2D eigenvalue weighted by Gasteiger charge is -2.27. The molecule has 4 rings (SSSR count). The highest BCUT2D eigenvalue weighted by atomic mass is 32.2. The van der Waals surface area contributed by atoms with E-state index in [9.17, 15) is 18.9 Å². The Hall–Kier alpha value is -3.63. The molecule has 3 aromatic rings. The van der Waals surface area contributed by atoms with E-state index in [0.29, 0.717) is 35.5 Å². The normalized spacial score (nSPS) is 17.0. The van der Waals surface area contributed by atoms with Crippen molar-refractivity contribution < 1.29 is 18.4 Å². The van der Waals surface area contributed by atoms with Gasteiger partial charge >= 0.3 is 0 Å². The van der Waals surface area contributed by atoms with E-state index in [1.807, 2.05) is 30.3 Å². The smallest absolute Gasteiger partial charge is 0.187 e. The molecule has 0 spiro atoms. The third-order valence-corrected chi connectivity index (χ3v) is 7.55. The highest BCUT2D eigenvalue weighted by molar-refractivity contribution is 7.92. The Morgan fingerprint density at radius 2 is 1.71 bits per heavy atom. The molecule has 0 saturated heterocycles. The molecular formula is C24H20N2O4S. The highest BCUT2D eigenvalue weighted by Crippen LogP contribution is 2.35. The Balaban J connectivity index is 1.69. The minimum absolute atomic E-state index is 0.0520. The molecule has 1 atom stereocenters. The van der Waals surface area contributed by atoms with Crippen molar-refractivity contribution in [3.05, 3.63) is 95.1 Å². The van der Waals surface area contributed by atoms with E-state index in [-0.39, 0.29) is 17.0 Å². The summed E-state index contributed by atoms with van der Waals surface area (Å²) in [5.74, 6) is 0.423. The van der Waals surface area contributed by atoms with E-state index < -0.39 is 15.1 Å². The van der Waals surface area contributed by atoms with Crippen molar-refractivity contribution in [1.29, 1.82) is 5.26 Å². The minimum atomic E-state index is -3.75. The number of hydrogen-bond donors (Lipinski definition) is 1. The molecule has 1 unspecified atom stereocenters. The number of fused-ring (bicyclic) bond motifs is 1. The average molecular weight is 433 g/mol. The molecule has 0 heterocycles. The Morgan fingerprint density at radius 1 is 1.03 bits per heavy atom. The van der Waals surface area contributed by atoms with Crippen molar-refractivity contribution >= 4 is 15.5 Å². The van der Waals surface area contributed by atoms with Crippen LogP contribution in [0.1, 0.15) is 28.7 Å². The summed E-state index contributed by atoms with van der Waals surface area (Å²) in [5.41, 5.74) is 2.46. The monoisotopic (exact) mass is 432 g/mol. The number of nitrogens with zero attached hydrogens (tertiary/aromatic N) is 2. The number of oxime groups is 1. The Labute approximate surface area is 181 Å². The fourth-order valence-electron chi connectivity index (χ4n) is 3.88. The predicted molar refractivity (Wildman–Crippen MR) is 116 cm³/mol. The number of hydrogen-bond acceptors (Lipinski definition) is 6. The summed E-state index contributed by atoms with van der Waals surface area (Å²) in [5, 5.41) is 21.9. The summed E-state index contributed by atoms with van der Waals surface area (Å²) in [6.45, 7) is 0.306. The maximum Gasteiger partial charge on any atom is 0.187 e. The Morgan fingerprint density at radius 3 is 2.35 bits per heavy atom. The number of ether oxygens (including phenoxy) is 1. The first kappa shape index (κ1) is 20.6. The lowest BCUT2D eigenvalue weighted by atomic mass is 9.86. The molecule has 0 bridgehead atoms. The number of sulfone groups is 1. The summed E-state index contributed by atoms with van der Waals surface area (Å²) in [7, 11) is -3.75. The van der Waals surface area contributed by atoms with Gasteiger partial charge in [-0.3, -0.25) is 0 Å². The lowest BCUT2D eigenvalue weighted by molar-refractivity contribution is 0.304. The van der Waals surface area contributed by atoms with Gasteiger partial charge < -0.3 is 9.94 Å². The van der Waals surface area contributed by atoms with E-state index in [2.05, 4.69) is 11.2 Å². The standard InChI is InChI=1S/C24H20N2O4S/c25-15-21-19-12-14-23(31(28,29)18-9-5-2-6-10-18)24(26-27)20(19)11-13-22(21)30-16-17-7-3-1-4-8-17/h1-11,13,23,27H,12,14,16H2. The Kier molecular flexibility index (Phi) is 5.74. The van der Waals surface area contributed by atoms with Crippen LogP contribution in [-0.4, -0.2) is 24.6 Å². The minimum Gasteiger partial charge on any atom is -0.488 e. The first-order valence-corrected chi connectivity index (χ1v) is 11.3. The molecule has 7 heteroatoms. The fraction of sp³-hybridized carbons (Fsp3) is 0.167. The van der Waals surface area contributed by atoms with Crippen LogP contribution in [0.2, 0.25) is 0 Å². The predicted octanol–water partition coefficient (Wildman–Crippen LogP) is 4.10. The first-order valence-electron chi connectivity index (χ1n) is 9.80. The highest BCUT2D eigenvalue weighted by Gasteiger charge is 2.38. The van der Waals surface area contributed by atoms with E-state index >= 15 is 0 Å². The van der Waals surface area contributed by atoms with Crippen LogP contribution in [-0.2, 0) is 22.9 Å². The maximum absolute atomic E-state index is 13.2. The molecule has 0 aliphatic heterocycles. The van der Waals surface area contributed by atoms with Gasteiger partial charge in [-0.1, -0.05) is 53.7 Å². The van der Waals surface area contributed by atoms with Gasteiger partial charge in [0.15, 0.2) is 9.84 Å². The summed E-state index contributed by atoms with van der Waals surface area (Å²) >= 11 is 0. The second-order valence-corrected chi connectivity index (χ2v) is 9.35. The van der Waals surface area contributed by atoms with Crippen LogP contribution in [0.3, 0.4) is 0 Å². The van der Waals surface area contributed by atoms with Crippen LogP contribution in [0.5, 0.6) is 5.75 Å². The molecule has 1 N–H and O–H groups in total. The molecule has 156 valence electrons. The van der Waals surface area contributed by atoms with Crippen molar-refractivity contribution in [2.24, 2.45) is 5.16 Å². The average Bonchev–Trinajstić information content (AvgIpc) is 2.82. The summed E-state index contributed by atoms with van der Waals surface area (Å²) < 4.78 is 32.2. The molecule has 31 heavy (non-hydrogen) atoms. The largest absolute Gasteiger partial charge is 0.488 e. The first-order chi connectivity index (χ1) is 15.1. The molecule has 0 amide bonds. The third-order valence-electron chi connectivity index (χ3n) is 5.42. The van der Waals surface area contributed by atoms with E-state index in [1.165, 1.54) is 12.1 Å². The molecule has 0 radical (unpaired) electrons. The molecular weight excluding hydrogens is 412 g/mol. The van der Waals surface area contributed by atoms with Crippen LogP contribution in [0, 0.1) is 11.3 Å². The maximum atomic E-state index is 13.2. The van der Waals surface area contributed by atoms with Gasteiger partial charge in [-0.15, -0.1) is 0 Å². The lowest BCUT2D eigenvalue weighted by Crippen LogP contribution is -2.36. The van der Waals surface area contributed by atoms with Crippen molar-refractivity contribution in [2.45, 2.75) is 29.6 Å².